The molecule has 2 unspecified atom stereocenters. The normalized spacial score (nSPS) is 23.2. The lowest BCUT2D eigenvalue weighted by Gasteiger charge is -2.35. The van der Waals surface area contributed by atoms with Gasteiger partial charge in [0.1, 0.15) is 10.7 Å². The van der Waals surface area contributed by atoms with E-state index in [1.165, 1.54) is 5.57 Å². The lowest BCUT2D eigenvalue weighted by atomic mass is 9.96. The highest BCUT2D eigenvalue weighted by molar-refractivity contribution is 7.13. The van der Waals surface area contributed by atoms with Gasteiger partial charge in [-0.05, 0) is 32.6 Å². The van der Waals surface area contributed by atoms with Gasteiger partial charge < -0.3 is 4.90 Å². The summed E-state index contributed by atoms with van der Waals surface area (Å²) in [5, 5.41) is 2.84. The number of amides is 1. The summed E-state index contributed by atoms with van der Waals surface area (Å²) in [7, 11) is 0. The van der Waals surface area contributed by atoms with Gasteiger partial charge in [-0.1, -0.05) is 42.0 Å². The smallest absolute Gasteiger partial charge is 0.273 e. The van der Waals surface area contributed by atoms with Gasteiger partial charge in [0.25, 0.3) is 5.91 Å². The molecule has 0 saturated carbocycles. The molecule has 1 amide bonds. The molecule has 0 spiro atoms. The molecule has 1 aromatic heterocycles. The second kappa shape index (κ2) is 5.93. The van der Waals surface area contributed by atoms with Crippen molar-refractivity contribution < 1.29 is 4.79 Å². The molecular weight excluding hydrogens is 304 g/mol. The van der Waals surface area contributed by atoms with E-state index in [0.717, 1.165) is 36.3 Å². The van der Waals surface area contributed by atoms with Crippen LogP contribution in [-0.4, -0.2) is 27.9 Å². The highest BCUT2D eigenvalue weighted by atomic mass is 32.1. The van der Waals surface area contributed by atoms with Crippen molar-refractivity contribution in [1.82, 2.24) is 9.88 Å². The summed E-state index contributed by atoms with van der Waals surface area (Å²) in [6.45, 7) is 2.11. The number of nitrogens with zero attached hydrogens (tertiary/aromatic N) is 2. The van der Waals surface area contributed by atoms with Crippen LogP contribution in [-0.2, 0) is 0 Å². The summed E-state index contributed by atoms with van der Waals surface area (Å²) in [5.41, 5.74) is 3.19. The van der Waals surface area contributed by atoms with Crippen molar-refractivity contribution >= 4 is 17.2 Å². The van der Waals surface area contributed by atoms with E-state index in [-0.39, 0.29) is 5.91 Å². The van der Waals surface area contributed by atoms with Crippen molar-refractivity contribution in [2.45, 2.75) is 44.7 Å². The number of thiazole rings is 1. The third-order valence-corrected chi connectivity index (χ3v) is 5.89. The van der Waals surface area contributed by atoms with Gasteiger partial charge in [-0.2, -0.15) is 0 Å². The van der Waals surface area contributed by atoms with E-state index in [1.807, 2.05) is 35.7 Å². The number of benzene rings is 1. The van der Waals surface area contributed by atoms with Crippen molar-refractivity contribution in [1.29, 1.82) is 0 Å². The van der Waals surface area contributed by atoms with Crippen LogP contribution in [0.5, 0.6) is 0 Å². The number of hydrogen-bond donors (Lipinski definition) is 0. The number of carbonyl (C=O) groups is 1. The van der Waals surface area contributed by atoms with Gasteiger partial charge in [0.05, 0.1) is 0 Å². The molecule has 4 heteroatoms. The number of aromatic nitrogens is 1. The number of piperidine rings is 1. The summed E-state index contributed by atoms with van der Waals surface area (Å²) in [5.74, 6) is 0.117. The van der Waals surface area contributed by atoms with Crippen LogP contribution in [0.15, 0.2) is 47.4 Å². The molecular formula is C19H20N2OS. The Kier molecular flexibility index (Phi) is 3.77. The van der Waals surface area contributed by atoms with Crippen LogP contribution in [0, 0.1) is 0 Å². The number of hydrogen-bond acceptors (Lipinski definition) is 3. The average Bonchev–Trinajstić information content (AvgIpc) is 3.18. The minimum atomic E-state index is 0.117. The predicted octanol–water partition coefficient (Wildman–Crippen LogP) is 4.52. The molecule has 2 bridgehead atoms. The standard InChI is InChI=1S/C19H20N2OS/c1-2-13-10-15-8-9-16(11-13)21(15)19(22)17-12-23-18(20-17)14-6-4-3-5-7-14/h2-7,12,15-16H,8-11H2,1H3. The third kappa shape index (κ3) is 2.61. The van der Waals surface area contributed by atoms with Crippen molar-refractivity contribution in [3.8, 4) is 10.6 Å². The van der Waals surface area contributed by atoms with Crippen LogP contribution in [0.1, 0.15) is 43.1 Å². The number of carbonyl (C=O) groups excluding carboxylic acids is 1. The molecule has 4 rings (SSSR count). The molecule has 1 aromatic carbocycles. The fraction of sp³-hybridized carbons (Fsp3) is 0.368. The molecule has 2 aliphatic rings. The Morgan fingerprint density at radius 3 is 2.57 bits per heavy atom. The van der Waals surface area contributed by atoms with Gasteiger partial charge in [-0.25, -0.2) is 4.98 Å². The maximum Gasteiger partial charge on any atom is 0.273 e. The largest absolute Gasteiger partial charge is 0.331 e. The van der Waals surface area contributed by atoms with Gasteiger partial charge >= 0.3 is 0 Å². The Morgan fingerprint density at radius 1 is 1.22 bits per heavy atom. The fourth-order valence-electron chi connectivity index (χ4n) is 3.84. The van der Waals surface area contributed by atoms with E-state index in [0.29, 0.717) is 17.8 Å². The summed E-state index contributed by atoms with van der Waals surface area (Å²) in [6.07, 6.45) is 6.55. The average molecular weight is 324 g/mol. The minimum absolute atomic E-state index is 0.117. The molecule has 0 N–H and O–H groups in total. The van der Waals surface area contributed by atoms with Gasteiger partial charge in [-0.3, -0.25) is 4.79 Å². The highest BCUT2D eigenvalue weighted by Gasteiger charge is 2.41. The zero-order valence-corrected chi connectivity index (χ0v) is 14.1. The Labute approximate surface area is 140 Å². The molecule has 2 atom stereocenters. The topological polar surface area (TPSA) is 33.2 Å². The Hall–Kier alpha value is -1.94. The van der Waals surface area contributed by atoms with Crippen molar-refractivity contribution in [3.05, 3.63) is 53.1 Å². The molecule has 23 heavy (non-hydrogen) atoms. The molecule has 2 saturated heterocycles. The lowest BCUT2D eigenvalue weighted by molar-refractivity contribution is 0.0629. The first-order valence-electron chi connectivity index (χ1n) is 8.24. The van der Waals surface area contributed by atoms with E-state index < -0.39 is 0 Å². The van der Waals surface area contributed by atoms with E-state index in [2.05, 4.69) is 22.9 Å². The highest BCUT2D eigenvalue weighted by Crippen LogP contribution is 2.39. The molecule has 2 aliphatic heterocycles. The second-order valence-corrected chi connectivity index (χ2v) is 7.21. The summed E-state index contributed by atoms with van der Waals surface area (Å²) >= 11 is 1.55. The molecule has 2 fully saturated rings. The number of allylic oxidation sites excluding steroid dienone is 1. The third-order valence-electron chi connectivity index (χ3n) is 5.00. The Balaban J connectivity index is 1.58. The minimum Gasteiger partial charge on any atom is -0.331 e. The van der Waals surface area contributed by atoms with Crippen LogP contribution in [0.3, 0.4) is 0 Å². The Morgan fingerprint density at radius 2 is 1.91 bits per heavy atom. The van der Waals surface area contributed by atoms with Crippen molar-refractivity contribution in [3.63, 3.8) is 0 Å². The number of fused-ring (bicyclic) bond motifs is 2. The maximum absolute atomic E-state index is 13.0. The molecule has 118 valence electrons. The first kappa shape index (κ1) is 14.6. The van der Waals surface area contributed by atoms with Gasteiger partial charge in [0.15, 0.2) is 0 Å². The van der Waals surface area contributed by atoms with E-state index in [1.54, 1.807) is 11.3 Å². The van der Waals surface area contributed by atoms with E-state index in [4.69, 9.17) is 0 Å². The number of rotatable bonds is 2. The van der Waals surface area contributed by atoms with Crippen LogP contribution in [0.4, 0.5) is 0 Å². The zero-order valence-electron chi connectivity index (χ0n) is 13.2. The quantitative estimate of drug-likeness (QED) is 0.761. The van der Waals surface area contributed by atoms with Gasteiger partial charge in [0.2, 0.25) is 0 Å². The molecule has 0 radical (unpaired) electrons. The van der Waals surface area contributed by atoms with Gasteiger partial charge in [0, 0.05) is 23.0 Å². The van der Waals surface area contributed by atoms with Crippen molar-refractivity contribution in [2.75, 3.05) is 0 Å². The van der Waals surface area contributed by atoms with Crippen LogP contribution in [0.25, 0.3) is 10.6 Å². The monoisotopic (exact) mass is 324 g/mol. The first-order chi connectivity index (χ1) is 11.3. The van der Waals surface area contributed by atoms with Gasteiger partial charge in [-0.15, -0.1) is 11.3 Å². The predicted molar refractivity (Wildman–Crippen MR) is 93.5 cm³/mol. The summed E-state index contributed by atoms with van der Waals surface area (Å²) < 4.78 is 0. The molecule has 0 aliphatic carbocycles. The molecule has 2 aromatic rings. The summed E-state index contributed by atoms with van der Waals surface area (Å²) in [4.78, 5) is 19.7. The van der Waals surface area contributed by atoms with Crippen LogP contribution in [0.2, 0.25) is 0 Å². The SMILES string of the molecule is CC=C1CC2CCC(C1)N2C(=O)c1csc(-c2ccccc2)n1. The van der Waals surface area contributed by atoms with E-state index >= 15 is 0 Å². The summed E-state index contributed by atoms with van der Waals surface area (Å²) in [6, 6.07) is 10.8. The maximum atomic E-state index is 13.0. The lowest BCUT2D eigenvalue weighted by Crippen LogP contribution is -2.44. The second-order valence-electron chi connectivity index (χ2n) is 6.36. The van der Waals surface area contributed by atoms with Crippen LogP contribution >= 0.6 is 11.3 Å². The fourth-order valence-corrected chi connectivity index (χ4v) is 4.64. The van der Waals surface area contributed by atoms with Crippen LogP contribution < -0.4 is 0 Å². The van der Waals surface area contributed by atoms with Crippen molar-refractivity contribution in [2.24, 2.45) is 0 Å². The first-order valence-corrected chi connectivity index (χ1v) is 9.12. The molecule has 3 heterocycles. The zero-order chi connectivity index (χ0) is 15.8. The Bertz CT molecular complexity index is 734. The van der Waals surface area contributed by atoms with E-state index in [9.17, 15) is 4.79 Å². The molecule has 3 nitrogen and oxygen atoms in total.